The average Bonchev–Trinajstić information content (AvgIpc) is 2.61. The number of hydrogen-bond donors (Lipinski definition) is 1. The molecule has 2 aliphatic carbocycles. The van der Waals surface area contributed by atoms with E-state index in [2.05, 4.69) is 37.6 Å². The van der Waals surface area contributed by atoms with Gasteiger partial charge < -0.3 is 14.6 Å². The van der Waals surface area contributed by atoms with E-state index in [4.69, 9.17) is 9.47 Å². The van der Waals surface area contributed by atoms with Crippen molar-refractivity contribution in [2.75, 3.05) is 6.79 Å². The molecular weight excluding hydrogens is 344 g/mol. The SMILES string of the molecule is C=C(C)C(=O)OCOC1CC(N=NC2CCCCC2)C(O)C(C(C)(C)C)C1. The Hall–Kier alpha value is -1.27. The maximum absolute atomic E-state index is 11.5. The van der Waals surface area contributed by atoms with Crippen LogP contribution in [0.5, 0.6) is 0 Å². The average molecular weight is 381 g/mol. The normalized spacial score (nSPS) is 30.4. The first-order chi connectivity index (χ1) is 12.7. The van der Waals surface area contributed by atoms with Gasteiger partial charge in [0.05, 0.1) is 24.3 Å². The molecule has 0 aromatic carbocycles. The van der Waals surface area contributed by atoms with Gasteiger partial charge in [0.25, 0.3) is 0 Å². The van der Waals surface area contributed by atoms with Crippen LogP contribution < -0.4 is 0 Å². The first-order valence-corrected chi connectivity index (χ1v) is 10.2. The fourth-order valence-electron chi connectivity index (χ4n) is 4.00. The monoisotopic (exact) mass is 380 g/mol. The highest BCUT2D eigenvalue weighted by atomic mass is 16.7. The number of ether oxygens (including phenoxy) is 2. The van der Waals surface area contributed by atoms with Crippen molar-refractivity contribution in [1.82, 2.24) is 0 Å². The van der Waals surface area contributed by atoms with E-state index in [1.54, 1.807) is 6.92 Å². The Morgan fingerprint density at radius 1 is 1.15 bits per heavy atom. The number of aliphatic hydroxyl groups excluding tert-OH is 1. The quantitative estimate of drug-likeness (QED) is 0.320. The van der Waals surface area contributed by atoms with Crippen molar-refractivity contribution in [3.8, 4) is 0 Å². The van der Waals surface area contributed by atoms with E-state index < -0.39 is 12.1 Å². The first kappa shape index (κ1) is 22.0. The Labute approximate surface area is 163 Å². The Morgan fingerprint density at radius 3 is 2.41 bits per heavy atom. The van der Waals surface area contributed by atoms with Gasteiger partial charge in [0.1, 0.15) is 0 Å². The van der Waals surface area contributed by atoms with Crippen molar-refractivity contribution in [3.63, 3.8) is 0 Å². The summed E-state index contributed by atoms with van der Waals surface area (Å²) in [6, 6.07) is 0.0172. The van der Waals surface area contributed by atoms with Gasteiger partial charge in [-0.05, 0) is 37.5 Å². The van der Waals surface area contributed by atoms with Crippen molar-refractivity contribution >= 4 is 5.97 Å². The Morgan fingerprint density at radius 2 is 1.81 bits per heavy atom. The van der Waals surface area contributed by atoms with E-state index in [0.29, 0.717) is 18.4 Å². The van der Waals surface area contributed by atoms with Gasteiger partial charge in [0.15, 0.2) is 6.79 Å². The van der Waals surface area contributed by atoms with Gasteiger partial charge in [-0.2, -0.15) is 10.2 Å². The molecule has 0 amide bonds. The second-order valence-corrected chi connectivity index (χ2v) is 9.14. The van der Waals surface area contributed by atoms with Crippen LogP contribution in [0.3, 0.4) is 0 Å². The number of aliphatic hydroxyl groups is 1. The van der Waals surface area contributed by atoms with E-state index >= 15 is 0 Å². The summed E-state index contributed by atoms with van der Waals surface area (Å²) >= 11 is 0. The third kappa shape index (κ3) is 6.68. The van der Waals surface area contributed by atoms with Crippen LogP contribution >= 0.6 is 0 Å². The minimum atomic E-state index is -0.532. The van der Waals surface area contributed by atoms with Crippen LogP contribution in [-0.2, 0) is 14.3 Å². The van der Waals surface area contributed by atoms with Crippen LogP contribution in [0.4, 0.5) is 0 Å². The summed E-state index contributed by atoms with van der Waals surface area (Å²) in [6.45, 7) is 11.4. The number of hydrogen-bond acceptors (Lipinski definition) is 6. The molecule has 154 valence electrons. The topological polar surface area (TPSA) is 80.5 Å². The lowest BCUT2D eigenvalue weighted by atomic mass is 9.68. The molecule has 27 heavy (non-hydrogen) atoms. The molecule has 0 heterocycles. The molecule has 2 rings (SSSR count). The number of carbonyl (C=O) groups is 1. The number of azo groups is 1. The second-order valence-electron chi connectivity index (χ2n) is 9.14. The van der Waals surface area contributed by atoms with Crippen molar-refractivity contribution < 1.29 is 19.4 Å². The van der Waals surface area contributed by atoms with Gasteiger partial charge in [0, 0.05) is 12.0 Å². The molecule has 0 spiro atoms. The van der Waals surface area contributed by atoms with Crippen molar-refractivity contribution in [2.24, 2.45) is 21.6 Å². The fraction of sp³-hybridized carbons (Fsp3) is 0.857. The molecule has 0 saturated heterocycles. The smallest absolute Gasteiger partial charge is 0.335 e. The van der Waals surface area contributed by atoms with Gasteiger partial charge in [-0.3, -0.25) is 0 Å². The lowest BCUT2D eigenvalue weighted by Gasteiger charge is -2.43. The molecule has 0 aliphatic heterocycles. The third-order valence-corrected chi connectivity index (χ3v) is 5.74. The van der Waals surface area contributed by atoms with Crippen LogP contribution in [0.25, 0.3) is 0 Å². The highest BCUT2D eigenvalue weighted by molar-refractivity contribution is 5.86. The highest BCUT2D eigenvalue weighted by Crippen LogP contribution is 2.40. The molecule has 2 aliphatic rings. The molecule has 0 aromatic rings. The van der Waals surface area contributed by atoms with Gasteiger partial charge in [-0.1, -0.05) is 46.6 Å². The molecule has 0 aromatic heterocycles. The predicted molar refractivity (Wildman–Crippen MR) is 104 cm³/mol. The lowest BCUT2D eigenvalue weighted by Crippen LogP contribution is -2.48. The lowest BCUT2D eigenvalue weighted by molar-refractivity contribution is -0.163. The van der Waals surface area contributed by atoms with E-state index in [1.165, 1.54) is 19.3 Å². The minimum absolute atomic E-state index is 0.0448. The Kier molecular flexibility index (Phi) is 7.98. The largest absolute Gasteiger partial charge is 0.435 e. The van der Waals surface area contributed by atoms with Gasteiger partial charge in [-0.25, -0.2) is 4.79 Å². The molecule has 6 heteroatoms. The number of carbonyl (C=O) groups excluding carboxylic acids is 1. The van der Waals surface area contributed by atoms with Crippen molar-refractivity contribution in [3.05, 3.63) is 12.2 Å². The molecule has 0 bridgehead atoms. The van der Waals surface area contributed by atoms with E-state index in [1.807, 2.05) is 0 Å². The summed E-state index contributed by atoms with van der Waals surface area (Å²) in [6.07, 6.45) is 6.53. The molecular formula is C21H36N2O4. The second kappa shape index (κ2) is 9.78. The van der Waals surface area contributed by atoms with Crippen LogP contribution in [0.2, 0.25) is 0 Å². The van der Waals surface area contributed by atoms with Gasteiger partial charge >= 0.3 is 5.97 Å². The molecule has 2 fully saturated rings. The maximum atomic E-state index is 11.5. The third-order valence-electron chi connectivity index (χ3n) is 5.74. The summed E-state index contributed by atoms with van der Waals surface area (Å²) in [5, 5.41) is 20.0. The predicted octanol–water partition coefficient (Wildman–Crippen LogP) is 4.42. The van der Waals surface area contributed by atoms with Crippen LogP contribution in [-0.4, -0.2) is 42.2 Å². The molecule has 2 saturated carbocycles. The number of esters is 1. The first-order valence-electron chi connectivity index (χ1n) is 10.2. The van der Waals surface area contributed by atoms with E-state index in [-0.39, 0.29) is 36.3 Å². The minimum Gasteiger partial charge on any atom is -0.435 e. The molecule has 0 radical (unpaired) electrons. The summed E-state index contributed by atoms with van der Waals surface area (Å²) in [5.74, 6) is -0.407. The molecule has 4 unspecified atom stereocenters. The summed E-state index contributed by atoms with van der Waals surface area (Å²) in [7, 11) is 0. The summed E-state index contributed by atoms with van der Waals surface area (Å²) < 4.78 is 10.9. The highest BCUT2D eigenvalue weighted by Gasteiger charge is 2.43. The molecule has 1 N–H and O–H groups in total. The summed E-state index contributed by atoms with van der Waals surface area (Å²) in [4.78, 5) is 11.5. The Bertz CT molecular complexity index is 535. The van der Waals surface area contributed by atoms with Crippen molar-refractivity contribution in [1.29, 1.82) is 0 Å². The van der Waals surface area contributed by atoms with E-state index in [0.717, 1.165) is 12.8 Å². The zero-order valence-corrected chi connectivity index (χ0v) is 17.3. The molecule has 4 atom stereocenters. The van der Waals surface area contributed by atoms with E-state index in [9.17, 15) is 9.90 Å². The maximum Gasteiger partial charge on any atom is 0.335 e. The Balaban J connectivity index is 1.99. The van der Waals surface area contributed by atoms with Crippen LogP contribution in [0.1, 0.15) is 72.6 Å². The number of rotatable bonds is 6. The fourth-order valence-corrected chi connectivity index (χ4v) is 4.00. The number of nitrogens with zero attached hydrogens (tertiary/aromatic N) is 2. The standard InChI is InChI=1S/C21H36N2O4/c1-14(2)20(25)27-13-26-16-11-17(21(3,4)5)19(24)18(12-16)23-22-15-9-7-6-8-10-15/h15-19,24H,1,6-13H2,2-5H3. The zero-order valence-electron chi connectivity index (χ0n) is 17.3. The zero-order chi connectivity index (χ0) is 20.0. The van der Waals surface area contributed by atoms with Crippen LogP contribution in [0.15, 0.2) is 22.4 Å². The van der Waals surface area contributed by atoms with Gasteiger partial charge in [-0.15, -0.1) is 0 Å². The van der Waals surface area contributed by atoms with Crippen LogP contribution in [0, 0.1) is 11.3 Å². The molecule has 6 nitrogen and oxygen atoms in total. The van der Waals surface area contributed by atoms with Crippen molar-refractivity contribution in [2.45, 2.75) is 96.9 Å². The summed E-state index contributed by atoms with van der Waals surface area (Å²) in [5.41, 5.74) is 0.276. The van der Waals surface area contributed by atoms with Gasteiger partial charge in [0.2, 0.25) is 0 Å².